The maximum absolute atomic E-state index is 13.8. The van der Waals surface area contributed by atoms with Crippen molar-refractivity contribution in [3.63, 3.8) is 0 Å². The van der Waals surface area contributed by atoms with Gasteiger partial charge in [-0.1, -0.05) is 19.4 Å². The zero-order valence-corrected chi connectivity index (χ0v) is 10.5. The highest BCUT2D eigenvalue weighted by Crippen LogP contribution is 2.39. The highest BCUT2D eigenvalue weighted by molar-refractivity contribution is 5.24. The number of benzene rings is 1. The smallest absolute Gasteiger partial charge is 0.194 e. The van der Waals surface area contributed by atoms with Crippen LogP contribution in [0.25, 0.3) is 0 Å². The molecule has 0 radical (unpaired) electrons. The molecule has 18 heavy (non-hydrogen) atoms. The van der Waals surface area contributed by atoms with Crippen LogP contribution in [0.3, 0.4) is 0 Å². The molecular formula is C14H18F3N. The lowest BCUT2D eigenvalue weighted by Gasteiger charge is -2.35. The molecule has 0 spiro atoms. The van der Waals surface area contributed by atoms with E-state index in [1.807, 2.05) is 6.92 Å². The molecule has 0 bridgehead atoms. The fourth-order valence-corrected chi connectivity index (χ4v) is 2.38. The van der Waals surface area contributed by atoms with E-state index in [2.05, 4.69) is 5.32 Å². The topological polar surface area (TPSA) is 12.0 Å². The fourth-order valence-electron chi connectivity index (χ4n) is 2.38. The molecule has 1 aliphatic rings. The first-order valence-corrected chi connectivity index (χ1v) is 6.52. The van der Waals surface area contributed by atoms with Crippen molar-refractivity contribution in [2.24, 2.45) is 5.92 Å². The van der Waals surface area contributed by atoms with Crippen LogP contribution in [-0.4, -0.2) is 6.54 Å². The van der Waals surface area contributed by atoms with Gasteiger partial charge in [0, 0.05) is 11.6 Å². The van der Waals surface area contributed by atoms with Gasteiger partial charge in [0.15, 0.2) is 17.5 Å². The summed E-state index contributed by atoms with van der Waals surface area (Å²) in [4.78, 5) is 0. The third-order valence-corrected chi connectivity index (χ3v) is 3.64. The summed E-state index contributed by atoms with van der Waals surface area (Å²) >= 11 is 0. The summed E-state index contributed by atoms with van der Waals surface area (Å²) in [5.41, 5.74) is 0.257. The molecule has 0 saturated heterocycles. The van der Waals surface area contributed by atoms with Crippen LogP contribution in [0.5, 0.6) is 0 Å². The summed E-state index contributed by atoms with van der Waals surface area (Å²) in [6.07, 6.45) is 4.08. The Morgan fingerprint density at radius 1 is 1.22 bits per heavy atom. The van der Waals surface area contributed by atoms with Crippen LogP contribution in [0, 0.1) is 23.4 Å². The number of rotatable bonds is 5. The van der Waals surface area contributed by atoms with Crippen molar-refractivity contribution in [2.75, 3.05) is 6.54 Å². The molecule has 1 atom stereocenters. The van der Waals surface area contributed by atoms with Gasteiger partial charge in [-0.3, -0.25) is 0 Å². The minimum Gasteiger partial charge on any atom is -0.310 e. The first kappa shape index (κ1) is 13.4. The number of hydrogen-bond acceptors (Lipinski definition) is 1. The molecule has 100 valence electrons. The summed E-state index contributed by atoms with van der Waals surface area (Å²) in [6.45, 7) is 2.77. The van der Waals surface area contributed by atoms with Gasteiger partial charge in [-0.2, -0.15) is 0 Å². The highest BCUT2D eigenvalue weighted by Gasteiger charge is 2.31. The molecule has 1 aromatic carbocycles. The zero-order valence-electron chi connectivity index (χ0n) is 10.5. The third kappa shape index (κ3) is 2.53. The van der Waals surface area contributed by atoms with Crippen LogP contribution in [-0.2, 0) is 0 Å². The van der Waals surface area contributed by atoms with Crippen molar-refractivity contribution in [1.29, 1.82) is 0 Å². The molecule has 1 fully saturated rings. The number of hydrogen-bond donors (Lipinski definition) is 1. The van der Waals surface area contributed by atoms with Gasteiger partial charge >= 0.3 is 0 Å². The molecule has 1 aromatic rings. The molecule has 0 amide bonds. The molecule has 1 unspecified atom stereocenters. The maximum Gasteiger partial charge on any atom is 0.194 e. The van der Waals surface area contributed by atoms with E-state index >= 15 is 0 Å². The summed E-state index contributed by atoms with van der Waals surface area (Å²) in [6, 6.07) is 2.17. The van der Waals surface area contributed by atoms with Crippen molar-refractivity contribution in [3.8, 4) is 0 Å². The molecule has 4 heteroatoms. The van der Waals surface area contributed by atoms with Crippen molar-refractivity contribution in [1.82, 2.24) is 5.32 Å². The van der Waals surface area contributed by atoms with Crippen LogP contribution in [0.2, 0.25) is 0 Å². The second-order valence-corrected chi connectivity index (χ2v) is 4.89. The van der Waals surface area contributed by atoms with Crippen LogP contribution in [0.15, 0.2) is 12.1 Å². The van der Waals surface area contributed by atoms with Gasteiger partial charge < -0.3 is 5.32 Å². The van der Waals surface area contributed by atoms with Crippen LogP contribution < -0.4 is 5.32 Å². The Morgan fingerprint density at radius 3 is 2.50 bits per heavy atom. The van der Waals surface area contributed by atoms with E-state index in [-0.39, 0.29) is 11.6 Å². The Labute approximate surface area is 105 Å². The maximum atomic E-state index is 13.8. The SMILES string of the molecule is CCCNC(c1ccc(F)c(F)c1F)C1CCC1. The Morgan fingerprint density at radius 2 is 1.94 bits per heavy atom. The van der Waals surface area contributed by atoms with Crippen molar-refractivity contribution < 1.29 is 13.2 Å². The number of nitrogens with one attached hydrogen (secondary N) is 1. The lowest BCUT2D eigenvalue weighted by molar-refractivity contribution is 0.225. The monoisotopic (exact) mass is 257 g/mol. The van der Waals surface area contributed by atoms with Crippen molar-refractivity contribution in [2.45, 2.75) is 38.6 Å². The minimum atomic E-state index is -1.37. The minimum absolute atomic E-state index is 0.200. The quantitative estimate of drug-likeness (QED) is 0.788. The Bertz CT molecular complexity index is 416. The van der Waals surface area contributed by atoms with Gasteiger partial charge in [0.1, 0.15) is 0 Å². The van der Waals surface area contributed by atoms with E-state index < -0.39 is 17.5 Å². The normalized spacial score (nSPS) is 17.6. The Hall–Kier alpha value is -1.03. The fraction of sp³-hybridized carbons (Fsp3) is 0.571. The number of halogens is 3. The lowest BCUT2D eigenvalue weighted by atomic mass is 9.77. The van der Waals surface area contributed by atoms with Crippen molar-refractivity contribution in [3.05, 3.63) is 35.1 Å². The summed E-state index contributed by atoms with van der Waals surface area (Å²) < 4.78 is 40.0. The Balaban J connectivity index is 2.26. The largest absolute Gasteiger partial charge is 0.310 e. The average molecular weight is 257 g/mol. The molecule has 1 N–H and O–H groups in total. The van der Waals surface area contributed by atoms with Crippen LogP contribution >= 0.6 is 0 Å². The third-order valence-electron chi connectivity index (χ3n) is 3.64. The zero-order chi connectivity index (χ0) is 13.1. The molecular weight excluding hydrogens is 239 g/mol. The van der Waals surface area contributed by atoms with Crippen LogP contribution in [0.1, 0.15) is 44.2 Å². The molecule has 1 saturated carbocycles. The second kappa shape index (κ2) is 5.74. The van der Waals surface area contributed by atoms with Crippen LogP contribution in [0.4, 0.5) is 13.2 Å². The predicted molar refractivity (Wildman–Crippen MR) is 64.7 cm³/mol. The molecule has 0 heterocycles. The second-order valence-electron chi connectivity index (χ2n) is 4.89. The first-order valence-electron chi connectivity index (χ1n) is 6.52. The summed E-state index contributed by atoms with van der Waals surface area (Å²) in [7, 11) is 0. The molecule has 1 aliphatic carbocycles. The van der Waals surface area contributed by atoms with Crippen molar-refractivity contribution >= 4 is 0 Å². The van der Waals surface area contributed by atoms with Gasteiger partial charge in [0.2, 0.25) is 0 Å². The molecule has 1 nitrogen and oxygen atoms in total. The Kier molecular flexibility index (Phi) is 4.27. The van der Waals surface area contributed by atoms with E-state index in [0.717, 1.165) is 38.3 Å². The summed E-state index contributed by atoms with van der Waals surface area (Å²) in [5, 5.41) is 3.25. The van der Waals surface area contributed by atoms with Gasteiger partial charge in [0.05, 0.1) is 0 Å². The highest BCUT2D eigenvalue weighted by atomic mass is 19.2. The average Bonchev–Trinajstić information content (AvgIpc) is 2.30. The van der Waals surface area contributed by atoms with E-state index in [1.165, 1.54) is 6.07 Å². The van der Waals surface area contributed by atoms with E-state index in [1.54, 1.807) is 0 Å². The van der Waals surface area contributed by atoms with E-state index in [9.17, 15) is 13.2 Å². The van der Waals surface area contributed by atoms with Gasteiger partial charge in [-0.05, 0) is 37.8 Å². The molecule has 2 rings (SSSR count). The van der Waals surface area contributed by atoms with Gasteiger partial charge in [-0.15, -0.1) is 0 Å². The molecule has 0 aromatic heterocycles. The molecule has 0 aliphatic heterocycles. The van der Waals surface area contributed by atoms with E-state index in [0.29, 0.717) is 5.92 Å². The lowest BCUT2D eigenvalue weighted by Crippen LogP contribution is -2.33. The predicted octanol–water partition coefficient (Wildman–Crippen LogP) is 3.94. The van der Waals surface area contributed by atoms with Gasteiger partial charge in [0.25, 0.3) is 0 Å². The van der Waals surface area contributed by atoms with E-state index in [4.69, 9.17) is 0 Å². The van der Waals surface area contributed by atoms with Gasteiger partial charge in [-0.25, -0.2) is 13.2 Å². The standard InChI is InChI=1S/C14H18F3N/c1-2-8-18-14(9-4-3-5-9)10-6-7-11(15)13(17)12(10)16/h6-7,9,14,18H,2-5,8H2,1H3. The first-order chi connectivity index (χ1) is 8.65. The summed E-state index contributed by atoms with van der Waals surface area (Å²) in [5.74, 6) is -3.21.